The molecule has 0 heterocycles. The Bertz CT molecular complexity index is 1690. The summed E-state index contributed by atoms with van der Waals surface area (Å²) in [5.41, 5.74) is 38.2. The molecule has 0 spiro atoms. The smallest absolute Gasteiger partial charge is 0.326 e. The molecule has 6 atom stereocenters. The van der Waals surface area contributed by atoms with Crippen LogP contribution in [0.1, 0.15) is 44.1 Å². The zero-order valence-electron chi connectivity index (χ0n) is 33.6. The quantitative estimate of drug-likeness (QED) is 0.0202. The molecule has 1 aromatic rings. The van der Waals surface area contributed by atoms with Gasteiger partial charge in [-0.25, -0.2) is 4.79 Å². The van der Waals surface area contributed by atoms with Crippen molar-refractivity contribution < 1.29 is 48.9 Å². The van der Waals surface area contributed by atoms with Crippen molar-refractivity contribution in [3.05, 3.63) is 35.9 Å². The number of benzene rings is 1. The maximum absolute atomic E-state index is 13.7. The van der Waals surface area contributed by atoms with E-state index in [0.717, 1.165) is 0 Å². The molecule has 26 nitrogen and oxygen atoms in total. The standard InChI is InChI=1S/C35H60N16O10/c36-20(17-52)27(55)48-22(10-5-13-44-34(39)40)30(58)50-24(15-19-7-2-1-3-8-19)31(59)51-25(18-53)28(56)46-16-26(54)47-21(9-4-12-43-33(37)38)29(57)49-23(32(60)61)11-6-14-45-35(41)42/h1-3,7-8,20-25,52-53H,4-6,9-18,36H2,(H,46,56)(H,47,54)(H,48,55)(H,49,57)(H,50,58)(H,51,59)(H,60,61)(H4,37,38,43)(H4,39,40,44)(H4,41,42,45)/t20-,21-,22-,23-,24-,25-/m0/s1. The number of aliphatic carboxylic acids is 1. The fourth-order valence-electron chi connectivity index (χ4n) is 5.27. The number of rotatable bonds is 29. The van der Waals surface area contributed by atoms with Gasteiger partial charge < -0.3 is 87.4 Å². The van der Waals surface area contributed by atoms with Crippen molar-refractivity contribution in [2.24, 2.45) is 55.1 Å². The van der Waals surface area contributed by atoms with Crippen molar-refractivity contribution in [3.8, 4) is 0 Å². The highest BCUT2D eigenvalue weighted by Crippen LogP contribution is 2.08. The van der Waals surface area contributed by atoms with Gasteiger partial charge in [-0.3, -0.25) is 43.7 Å². The fourth-order valence-corrected chi connectivity index (χ4v) is 5.27. The molecular weight excluding hydrogens is 804 g/mol. The summed E-state index contributed by atoms with van der Waals surface area (Å²) < 4.78 is 0. The Morgan fingerprint density at radius 3 is 1.43 bits per heavy atom. The second kappa shape index (κ2) is 28.6. The first-order valence-corrected chi connectivity index (χ1v) is 19.1. The van der Waals surface area contributed by atoms with E-state index in [1.165, 1.54) is 0 Å². The Labute approximate surface area is 351 Å². The van der Waals surface area contributed by atoms with Gasteiger partial charge in [0.1, 0.15) is 36.3 Å². The number of nitrogens with two attached hydrogens (primary N) is 7. The van der Waals surface area contributed by atoms with Crippen LogP contribution < -0.4 is 72.0 Å². The van der Waals surface area contributed by atoms with Gasteiger partial charge in [0.2, 0.25) is 35.4 Å². The third-order valence-corrected chi connectivity index (χ3v) is 8.42. The average molecular weight is 865 g/mol. The number of carbonyl (C=O) groups excluding carboxylic acids is 6. The molecule has 26 heteroatoms. The van der Waals surface area contributed by atoms with Crippen molar-refractivity contribution >= 4 is 59.3 Å². The minimum absolute atomic E-state index is 0.0183. The molecule has 0 fully saturated rings. The highest BCUT2D eigenvalue weighted by atomic mass is 16.4. The highest BCUT2D eigenvalue weighted by Gasteiger charge is 2.31. The number of carboxylic acids is 1. The van der Waals surface area contributed by atoms with Gasteiger partial charge >= 0.3 is 5.97 Å². The molecule has 340 valence electrons. The molecule has 61 heavy (non-hydrogen) atoms. The van der Waals surface area contributed by atoms with Crippen LogP contribution in [0.15, 0.2) is 45.3 Å². The largest absolute Gasteiger partial charge is 0.480 e. The fraction of sp³-hybridized carbons (Fsp3) is 0.543. The van der Waals surface area contributed by atoms with Gasteiger partial charge in [-0.15, -0.1) is 0 Å². The van der Waals surface area contributed by atoms with Crippen LogP contribution in [0, 0.1) is 0 Å². The number of aliphatic hydroxyl groups is 2. The highest BCUT2D eigenvalue weighted by molar-refractivity contribution is 5.96. The van der Waals surface area contributed by atoms with Crippen molar-refractivity contribution in [3.63, 3.8) is 0 Å². The molecule has 6 amide bonds. The predicted octanol–water partition coefficient (Wildman–Crippen LogP) is -7.67. The lowest BCUT2D eigenvalue weighted by molar-refractivity contribution is -0.142. The Morgan fingerprint density at radius 1 is 0.541 bits per heavy atom. The molecule has 1 rings (SSSR count). The number of hydrogen-bond donors (Lipinski definition) is 16. The number of aliphatic hydroxyl groups excluding tert-OH is 2. The molecule has 0 saturated heterocycles. The molecule has 0 aromatic heterocycles. The average Bonchev–Trinajstić information content (AvgIpc) is 3.21. The van der Waals surface area contributed by atoms with Crippen LogP contribution >= 0.6 is 0 Å². The van der Waals surface area contributed by atoms with Gasteiger partial charge in [-0.1, -0.05) is 30.3 Å². The molecule has 0 aliphatic carbocycles. The van der Waals surface area contributed by atoms with Crippen LogP contribution in [0.4, 0.5) is 0 Å². The van der Waals surface area contributed by atoms with Crippen LogP contribution in [0.2, 0.25) is 0 Å². The van der Waals surface area contributed by atoms with E-state index in [0.29, 0.717) is 5.56 Å². The normalized spacial score (nSPS) is 13.6. The Hall–Kier alpha value is -6.80. The van der Waals surface area contributed by atoms with Crippen molar-refractivity contribution in [1.82, 2.24) is 31.9 Å². The number of hydrogen-bond acceptors (Lipinski definition) is 13. The van der Waals surface area contributed by atoms with Crippen LogP contribution in [-0.2, 0) is 40.0 Å². The molecule has 0 aliphatic rings. The summed E-state index contributed by atoms with van der Waals surface area (Å²) in [6.07, 6.45) is 0.337. The molecule has 1 aromatic carbocycles. The van der Waals surface area contributed by atoms with E-state index >= 15 is 0 Å². The molecule has 23 N–H and O–H groups in total. The first kappa shape index (κ1) is 52.2. The molecule has 0 radical (unpaired) electrons. The van der Waals surface area contributed by atoms with Gasteiger partial charge in [-0.05, 0) is 44.1 Å². The van der Waals surface area contributed by atoms with Gasteiger partial charge in [0.05, 0.1) is 19.8 Å². The SMILES string of the molecule is NC(N)=NCCC[C@H](NC(=O)[C@H](CCCN=C(N)N)NC(=O)CNC(=O)[C@H](CO)NC(=O)[C@H](Cc1ccccc1)NC(=O)[C@H](CCCN=C(N)N)NC(=O)[C@@H](N)CO)C(=O)O. The number of guanidine groups is 3. The number of nitrogens with one attached hydrogen (secondary N) is 6. The Kier molecular flexibility index (Phi) is 24.5. The number of aliphatic imine (C=N–C) groups is 3. The zero-order valence-corrected chi connectivity index (χ0v) is 33.6. The lowest BCUT2D eigenvalue weighted by atomic mass is 10.0. The minimum Gasteiger partial charge on any atom is -0.480 e. The molecule has 0 saturated carbocycles. The monoisotopic (exact) mass is 864 g/mol. The van der Waals surface area contributed by atoms with Gasteiger partial charge in [0, 0.05) is 26.1 Å². The van der Waals surface area contributed by atoms with Gasteiger partial charge in [0.25, 0.3) is 0 Å². The maximum atomic E-state index is 13.7. The van der Waals surface area contributed by atoms with Crippen molar-refractivity contribution in [1.29, 1.82) is 0 Å². The van der Waals surface area contributed by atoms with E-state index in [4.69, 9.17) is 40.1 Å². The van der Waals surface area contributed by atoms with E-state index in [9.17, 15) is 48.9 Å². The molecule has 0 bridgehead atoms. The predicted molar refractivity (Wildman–Crippen MR) is 222 cm³/mol. The number of nitrogens with zero attached hydrogens (tertiary/aromatic N) is 3. The summed E-state index contributed by atoms with van der Waals surface area (Å²) in [5, 5.41) is 43.4. The molecule has 0 unspecified atom stereocenters. The summed E-state index contributed by atoms with van der Waals surface area (Å²) in [6, 6.07) is 0.0794. The molecule has 0 aliphatic heterocycles. The topological polar surface area (TPSA) is 472 Å². The van der Waals surface area contributed by atoms with Gasteiger partial charge in [-0.2, -0.15) is 0 Å². The summed E-state index contributed by atoms with van der Waals surface area (Å²) in [4.78, 5) is 102. The van der Waals surface area contributed by atoms with Crippen LogP contribution in [-0.4, -0.2) is 150 Å². The second-order valence-electron chi connectivity index (χ2n) is 13.4. The van der Waals surface area contributed by atoms with Crippen molar-refractivity contribution in [2.45, 2.75) is 81.2 Å². The summed E-state index contributed by atoms with van der Waals surface area (Å²) >= 11 is 0. The first-order valence-electron chi connectivity index (χ1n) is 19.1. The van der Waals surface area contributed by atoms with E-state index in [2.05, 4.69) is 46.9 Å². The van der Waals surface area contributed by atoms with Crippen LogP contribution in [0.3, 0.4) is 0 Å². The van der Waals surface area contributed by atoms with E-state index < -0.39 is 97.4 Å². The number of carbonyl (C=O) groups is 7. The third kappa shape index (κ3) is 22.2. The summed E-state index contributed by atoms with van der Waals surface area (Å²) in [5.74, 6) is -7.37. The molecular formula is C35H60N16O10. The van der Waals surface area contributed by atoms with Crippen LogP contribution in [0.25, 0.3) is 0 Å². The number of amides is 6. The second-order valence-corrected chi connectivity index (χ2v) is 13.4. The maximum Gasteiger partial charge on any atom is 0.326 e. The first-order chi connectivity index (χ1) is 28.9. The number of carboxylic acid groups (broad SMARTS) is 1. The van der Waals surface area contributed by atoms with E-state index in [1.54, 1.807) is 30.3 Å². The minimum atomic E-state index is -1.65. The van der Waals surface area contributed by atoms with E-state index in [-0.39, 0.29) is 82.5 Å². The summed E-state index contributed by atoms with van der Waals surface area (Å²) in [6.45, 7) is -2.17. The lowest BCUT2D eigenvalue weighted by Gasteiger charge is -2.25. The van der Waals surface area contributed by atoms with E-state index in [1.807, 2.05) is 0 Å². The zero-order chi connectivity index (χ0) is 45.9. The Balaban J connectivity index is 3.13. The van der Waals surface area contributed by atoms with Crippen molar-refractivity contribution in [2.75, 3.05) is 39.4 Å². The van der Waals surface area contributed by atoms with Crippen LogP contribution in [0.5, 0.6) is 0 Å². The Morgan fingerprint density at radius 2 is 0.967 bits per heavy atom. The summed E-state index contributed by atoms with van der Waals surface area (Å²) in [7, 11) is 0. The third-order valence-electron chi connectivity index (χ3n) is 8.42. The van der Waals surface area contributed by atoms with Gasteiger partial charge in [0.15, 0.2) is 17.9 Å². The lowest BCUT2D eigenvalue weighted by Crippen LogP contribution is -2.59.